The molecule has 0 spiro atoms. The summed E-state index contributed by atoms with van der Waals surface area (Å²) < 4.78 is 35.3. The molecule has 1 N–H and O–H groups in total. The van der Waals surface area contributed by atoms with E-state index in [2.05, 4.69) is 23.1 Å². The van der Waals surface area contributed by atoms with Gasteiger partial charge >= 0.3 is 5.97 Å². The number of aryl methyl sites for hydroxylation is 1. The van der Waals surface area contributed by atoms with Crippen molar-refractivity contribution in [2.75, 3.05) is 40.0 Å². The number of likely N-dealkylation sites (N-methyl/N-ethyl adjacent to an activating group) is 1. The first-order valence-electron chi connectivity index (χ1n) is 16.9. The number of hydrogen-bond donors (Lipinski definition) is 1. The number of carbonyl (C=O) groups is 1. The molecule has 274 valence electrons. The maximum Gasteiger partial charge on any atom is 0.321 e. The Morgan fingerprint density at radius 1 is 1.06 bits per heavy atom. The second-order valence-corrected chi connectivity index (χ2v) is 13.5. The van der Waals surface area contributed by atoms with Gasteiger partial charge in [0.1, 0.15) is 24.3 Å². The van der Waals surface area contributed by atoms with Crippen molar-refractivity contribution >= 4 is 43.2 Å². The van der Waals surface area contributed by atoms with Crippen molar-refractivity contribution in [1.29, 1.82) is 0 Å². The summed E-state index contributed by atoms with van der Waals surface area (Å²) >= 11 is 0. The van der Waals surface area contributed by atoms with Gasteiger partial charge in [-0.3, -0.25) is 14.4 Å². The quantitative estimate of drug-likeness (QED) is 0.180. The van der Waals surface area contributed by atoms with Crippen LogP contribution in [0.4, 0.5) is 8.78 Å². The van der Waals surface area contributed by atoms with Gasteiger partial charge in [0.25, 0.3) is 0 Å². The fourth-order valence-corrected chi connectivity index (χ4v) is 7.92. The van der Waals surface area contributed by atoms with E-state index in [1.165, 1.54) is 6.07 Å². The monoisotopic (exact) mass is 744 g/mol. The molecule has 7 nitrogen and oxygen atoms in total. The SMILES string of the molecule is CCOc1ccc(Cc2cc(C3CCN(CC4CC(N(C)[C@@H](C(=O)O)C(C)C)CC4c4cccc(F)c4)CC3)n(CCF)n2)cc1.Cl.Cl.Cl. The minimum atomic E-state index is -0.792. The van der Waals surface area contributed by atoms with Crippen LogP contribution < -0.4 is 4.74 Å². The van der Waals surface area contributed by atoms with Crippen LogP contribution in [-0.4, -0.2) is 82.7 Å². The zero-order chi connectivity index (χ0) is 32.8. The maximum absolute atomic E-state index is 14.3. The summed E-state index contributed by atoms with van der Waals surface area (Å²) in [7, 11) is 1.94. The third kappa shape index (κ3) is 10.8. The molecule has 1 saturated heterocycles. The van der Waals surface area contributed by atoms with Crippen molar-refractivity contribution < 1.29 is 23.4 Å². The summed E-state index contributed by atoms with van der Waals surface area (Å²) in [6.45, 7) is 9.07. The van der Waals surface area contributed by atoms with E-state index in [-0.39, 0.29) is 67.5 Å². The first kappa shape index (κ1) is 42.7. The van der Waals surface area contributed by atoms with E-state index in [1.54, 1.807) is 12.1 Å². The number of benzene rings is 2. The van der Waals surface area contributed by atoms with Crippen LogP contribution >= 0.6 is 37.2 Å². The number of aliphatic carboxylic acids is 1. The number of carboxylic acids is 1. The van der Waals surface area contributed by atoms with Gasteiger partial charge in [0.2, 0.25) is 0 Å². The third-order valence-electron chi connectivity index (χ3n) is 10.1. The molecule has 1 saturated carbocycles. The highest BCUT2D eigenvalue weighted by Crippen LogP contribution is 2.43. The average Bonchev–Trinajstić information content (AvgIpc) is 3.63. The van der Waals surface area contributed by atoms with E-state index in [0.29, 0.717) is 24.9 Å². The molecule has 2 heterocycles. The number of ether oxygens (including phenoxy) is 1. The molecule has 1 aliphatic carbocycles. The van der Waals surface area contributed by atoms with Crippen LogP contribution in [0.2, 0.25) is 0 Å². The molecule has 1 aliphatic heterocycles. The molecule has 3 aromatic rings. The largest absolute Gasteiger partial charge is 0.494 e. The lowest BCUT2D eigenvalue weighted by atomic mass is 9.87. The fraction of sp³-hybridized carbons (Fsp3) is 0.568. The molecule has 0 radical (unpaired) electrons. The molecule has 49 heavy (non-hydrogen) atoms. The zero-order valence-corrected chi connectivity index (χ0v) is 31.4. The van der Waals surface area contributed by atoms with Crippen LogP contribution in [0.1, 0.15) is 80.8 Å². The first-order valence-corrected chi connectivity index (χ1v) is 16.9. The predicted octanol–water partition coefficient (Wildman–Crippen LogP) is 8.03. The van der Waals surface area contributed by atoms with Gasteiger partial charge in [-0.15, -0.1) is 37.2 Å². The standard InChI is InChI=1S/C37H50F2N4O3.3ClH/c1-5-46-33-11-9-26(10-12-33)19-31-22-35(43(40-31)18-15-38)27-13-16-42(17-14-27)24-29-21-32(41(4)36(25(2)3)37(44)45)23-34(29)28-7-6-8-30(39)20-28;;;/h6-12,20,22,25,27,29,32,34,36H,5,13-19,21,23-24H2,1-4H3,(H,44,45);3*1H/t29?,32?,34?,36-;;;/m1.../s1. The van der Waals surface area contributed by atoms with Gasteiger partial charge in [-0.25, -0.2) is 8.78 Å². The highest BCUT2D eigenvalue weighted by molar-refractivity contribution is 5.86. The maximum atomic E-state index is 14.3. The second kappa shape index (κ2) is 19.8. The molecule has 2 fully saturated rings. The van der Waals surface area contributed by atoms with Crippen LogP contribution in [0.25, 0.3) is 0 Å². The highest BCUT2D eigenvalue weighted by Gasteiger charge is 2.42. The van der Waals surface area contributed by atoms with Crippen molar-refractivity contribution in [3.63, 3.8) is 0 Å². The highest BCUT2D eigenvalue weighted by atomic mass is 35.5. The zero-order valence-electron chi connectivity index (χ0n) is 29.0. The van der Waals surface area contributed by atoms with Crippen molar-refractivity contribution in [2.45, 2.75) is 83.3 Å². The smallest absolute Gasteiger partial charge is 0.321 e. The van der Waals surface area contributed by atoms with E-state index >= 15 is 0 Å². The average molecular weight is 746 g/mol. The van der Waals surface area contributed by atoms with E-state index in [1.807, 2.05) is 55.6 Å². The number of alkyl halides is 1. The van der Waals surface area contributed by atoms with Crippen LogP contribution in [0.3, 0.4) is 0 Å². The molecule has 0 bridgehead atoms. The van der Waals surface area contributed by atoms with E-state index in [9.17, 15) is 18.7 Å². The summed E-state index contributed by atoms with van der Waals surface area (Å²) in [5.41, 5.74) is 4.22. The Balaban J connectivity index is 0.00000278. The van der Waals surface area contributed by atoms with Crippen LogP contribution in [-0.2, 0) is 17.8 Å². The minimum absolute atomic E-state index is 0. The molecule has 1 aromatic heterocycles. The molecule has 12 heteroatoms. The molecular weight excluding hydrogens is 693 g/mol. The Hall–Kier alpha value is -2.43. The number of aromatic nitrogens is 2. The van der Waals surface area contributed by atoms with Gasteiger partial charge in [-0.05, 0) is 112 Å². The van der Waals surface area contributed by atoms with Crippen LogP contribution in [0.15, 0.2) is 54.6 Å². The second-order valence-electron chi connectivity index (χ2n) is 13.5. The van der Waals surface area contributed by atoms with Gasteiger partial charge in [-0.1, -0.05) is 38.1 Å². The first-order chi connectivity index (χ1) is 22.2. The Morgan fingerprint density at radius 2 is 1.76 bits per heavy atom. The van der Waals surface area contributed by atoms with Gasteiger partial charge in [0.15, 0.2) is 0 Å². The Bertz CT molecular complexity index is 1440. The Kier molecular flexibility index (Phi) is 17.3. The summed E-state index contributed by atoms with van der Waals surface area (Å²) in [4.78, 5) is 16.7. The molecule has 5 rings (SSSR count). The number of piperidine rings is 1. The lowest BCUT2D eigenvalue weighted by molar-refractivity contribution is -0.145. The summed E-state index contributed by atoms with van der Waals surface area (Å²) in [6, 6.07) is 16.7. The summed E-state index contributed by atoms with van der Waals surface area (Å²) in [5.74, 6) is 0.591. The number of likely N-dealkylation sites (tertiary alicyclic amines) is 1. The molecule has 4 atom stereocenters. The van der Waals surface area contributed by atoms with Gasteiger partial charge in [0, 0.05) is 30.6 Å². The number of halogens is 5. The summed E-state index contributed by atoms with van der Waals surface area (Å²) in [5, 5.41) is 14.8. The molecule has 2 aliphatic rings. The van der Waals surface area contributed by atoms with Gasteiger partial charge < -0.3 is 14.7 Å². The number of hydrogen-bond acceptors (Lipinski definition) is 5. The van der Waals surface area contributed by atoms with Crippen molar-refractivity contribution in [3.8, 4) is 5.75 Å². The van der Waals surface area contributed by atoms with Crippen molar-refractivity contribution in [3.05, 3.63) is 82.9 Å². The van der Waals surface area contributed by atoms with Gasteiger partial charge in [0.05, 0.1) is 18.8 Å². The number of nitrogens with zero attached hydrogens (tertiary/aromatic N) is 4. The molecule has 3 unspecified atom stereocenters. The lowest BCUT2D eigenvalue weighted by Crippen LogP contribution is -2.47. The number of carboxylic acid groups (broad SMARTS) is 1. The minimum Gasteiger partial charge on any atom is -0.494 e. The predicted molar refractivity (Wildman–Crippen MR) is 198 cm³/mol. The molecule has 0 amide bonds. The van der Waals surface area contributed by atoms with E-state index in [0.717, 1.165) is 73.6 Å². The Labute approximate surface area is 309 Å². The number of rotatable bonds is 14. The molecular formula is C37H53Cl3F2N4O3. The summed E-state index contributed by atoms with van der Waals surface area (Å²) in [6.07, 6.45) is 4.32. The van der Waals surface area contributed by atoms with Crippen LogP contribution in [0.5, 0.6) is 5.75 Å². The van der Waals surface area contributed by atoms with Crippen LogP contribution in [0, 0.1) is 17.7 Å². The van der Waals surface area contributed by atoms with E-state index in [4.69, 9.17) is 9.84 Å². The normalized spacial score (nSPS) is 20.4. The van der Waals surface area contributed by atoms with Crippen molar-refractivity contribution in [2.24, 2.45) is 11.8 Å². The van der Waals surface area contributed by atoms with Crippen molar-refractivity contribution in [1.82, 2.24) is 19.6 Å². The van der Waals surface area contributed by atoms with E-state index < -0.39 is 18.7 Å². The van der Waals surface area contributed by atoms with Gasteiger partial charge in [-0.2, -0.15) is 5.10 Å². The molecule has 2 aromatic carbocycles. The third-order valence-corrected chi connectivity index (χ3v) is 10.1. The lowest BCUT2D eigenvalue weighted by Gasteiger charge is -2.35. The topological polar surface area (TPSA) is 70.8 Å². The Morgan fingerprint density at radius 3 is 2.35 bits per heavy atom. The fourth-order valence-electron chi connectivity index (χ4n) is 7.92.